The van der Waals surface area contributed by atoms with Gasteiger partial charge in [-0.25, -0.2) is 9.48 Å². The average molecular weight is 389 g/mol. The molecule has 2 saturated carbocycles. The first kappa shape index (κ1) is 19.2. The molecule has 0 bridgehead atoms. The summed E-state index contributed by atoms with van der Waals surface area (Å²) in [5, 5.41) is 14.4. The van der Waals surface area contributed by atoms with Gasteiger partial charge in [-0.1, -0.05) is 37.3 Å². The molecule has 1 aromatic rings. The zero-order valence-electron chi connectivity index (χ0n) is 16.6. The zero-order chi connectivity index (χ0) is 19.3. The van der Waals surface area contributed by atoms with Crippen molar-refractivity contribution in [2.75, 3.05) is 6.54 Å². The van der Waals surface area contributed by atoms with Crippen molar-refractivity contribution in [3.05, 3.63) is 11.9 Å². The monoisotopic (exact) mass is 388 g/mol. The molecule has 3 amide bonds. The number of aromatic nitrogens is 3. The molecule has 8 nitrogen and oxygen atoms in total. The van der Waals surface area contributed by atoms with Gasteiger partial charge in [0.05, 0.1) is 18.8 Å². The topological polar surface area (TPSA) is 92.2 Å². The van der Waals surface area contributed by atoms with E-state index >= 15 is 0 Å². The standard InChI is InChI=1S/C20H32N6O2/c27-19(21-15-9-4-5-10-15)18-14-25(24-23-18)13-17-11-6-12-26(17)20(28)22-16-7-2-1-3-8-16/h14-17H,1-13H2,(H,21,27)(H,22,28)/t17-/m0/s1. The summed E-state index contributed by atoms with van der Waals surface area (Å²) >= 11 is 0. The summed E-state index contributed by atoms with van der Waals surface area (Å²) in [5.74, 6) is -0.142. The van der Waals surface area contributed by atoms with Gasteiger partial charge in [0.25, 0.3) is 5.91 Å². The number of hydrogen-bond acceptors (Lipinski definition) is 4. The number of hydrogen-bond donors (Lipinski definition) is 2. The van der Waals surface area contributed by atoms with E-state index in [0.29, 0.717) is 18.3 Å². The lowest BCUT2D eigenvalue weighted by atomic mass is 9.96. The van der Waals surface area contributed by atoms with Gasteiger partial charge in [0.2, 0.25) is 0 Å². The molecule has 8 heteroatoms. The Kier molecular flexibility index (Phi) is 6.12. The number of urea groups is 1. The number of nitrogens with zero attached hydrogens (tertiary/aromatic N) is 4. The number of amides is 3. The van der Waals surface area contributed by atoms with Crippen LogP contribution in [-0.4, -0.2) is 56.5 Å². The smallest absolute Gasteiger partial charge is 0.317 e. The number of carbonyl (C=O) groups excluding carboxylic acids is 2. The van der Waals surface area contributed by atoms with Crippen molar-refractivity contribution in [1.82, 2.24) is 30.5 Å². The first-order valence-electron chi connectivity index (χ1n) is 11.0. The van der Waals surface area contributed by atoms with Crippen LogP contribution in [0.3, 0.4) is 0 Å². The van der Waals surface area contributed by atoms with Gasteiger partial charge >= 0.3 is 6.03 Å². The largest absolute Gasteiger partial charge is 0.348 e. The second-order valence-electron chi connectivity index (χ2n) is 8.55. The third kappa shape index (κ3) is 4.64. The van der Waals surface area contributed by atoms with Crippen LogP contribution in [0.2, 0.25) is 0 Å². The van der Waals surface area contributed by atoms with Crippen molar-refractivity contribution < 1.29 is 9.59 Å². The van der Waals surface area contributed by atoms with Crippen LogP contribution in [0.15, 0.2) is 6.20 Å². The number of likely N-dealkylation sites (tertiary alicyclic amines) is 1. The molecule has 0 spiro atoms. The number of carbonyl (C=O) groups is 2. The normalized spacial score (nSPS) is 23.9. The van der Waals surface area contributed by atoms with Gasteiger partial charge < -0.3 is 15.5 Å². The van der Waals surface area contributed by atoms with Crippen LogP contribution in [0.25, 0.3) is 0 Å². The molecule has 1 aliphatic heterocycles. The highest BCUT2D eigenvalue weighted by Gasteiger charge is 2.31. The van der Waals surface area contributed by atoms with E-state index in [0.717, 1.165) is 45.1 Å². The first-order chi connectivity index (χ1) is 13.7. The lowest BCUT2D eigenvalue weighted by Gasteiger charge is -2.29. The highest BCUT2D eigenvalue weighted by Crippen LogP contribution is 2.22. The fraction of sp³-hybridized carbons (Fsp3) is 0.800. The van der Waals surface area contributed by atoms with Crippen molar-refractivity contribution in [3.63, 3.8) is 0 Å². The molecule has 0 unspecified atom stereocenters. The van der Waals surface area contributed by atoms with Crippen molar-refractivity contribution in [3.8, 4) is 0 Å². The van der Waals surface area contributed by atoms with E-state index in [-0.39, 0.29) is 24.0 Å². The maximum atomic E-state index is 12.7. The van der Waals surface area contributed by atoms with Crippen molar-refractivity contribution in [2.45, 2.75) is 95.3 Å². The fourth-order valence-corrected chi connectivity index (χ4v) is 4.83. The van der Waals surface area contributed by atoms with Crippen LogP contribution in [0.1, 0.15) is 81.1 Å². The molecule has 1 atom stereocenters. The lowest BCUT2D eigenvalue weighted by Crippen LogP contribution is -2.48. The lowest BCUT2D eigenvalue weighted by molar-refractivity contribution is 0.0932. The Hall–Kier alpha value is -2.12. The van der Waals surface area contributed by atoms with Gasteiger partial charge in [-0.3, -0.25) is 4.79 Å². The summed E-state index contributed by atoms with van der Waals surface area (Å²) in [5.41, 5.74) is 0.364. The fourth-order valence-electron chi connectivity index (χ4n) is 4.83. The Morgan fingerprint density at radius 2 is 1.61 bits per heavy atom. The van der Waals surface area contributed by atoms with Crippen LogP contribution < -0.4 is 10.6 Å². The van der Waals surface area contributed by atoms with Crippen LogP contribution >= 0.6 is 0 Å². The molecular weight excluding hydrogens is 356 g/mol. The van der Waals surface area contributed by atoms with E-state index in [1.54, 1.807) is 10.9 Å². The van der Waals surface area contributed by atoms with Gasteiger partial charge in [0, 0.05) is 18.6 Å². The third-order valence-electron chi connectivity index (χ3n) is 6.43. The number of nitrogens with one attached hydrogen (secondary N) is 2. The predicted octanol–water partition coefficient (Wildman–Crippen LogP) is 2.46. The van der Waals surface area contributed by atoms with Crippen LogP contribution in [0.5, 0.6) is 0 Å². The van der Waals surface area contributed by atoms with E-state index in [2.05, 4.69) is 20.9 Å². The molecule has 1 aromatic heterocycles. The second-order valence-corrected chi connectivity index (χ2v) is 8.55. The molecular formula is C20H32N6O2. The number of rotatable bonds is 5. The molecule has 28 heavy (non-hydrogen) atoms. The summed E-state index contributed by atoms with van der Waals surface area (Å²) < 4.78 is 1.71. The molecule has 0 aromatic carbocycles. The molecule has 0 radical (unpaired) electrons. The summed E-state index contributed by atoms with van der Waals surface area (Å²) in [4.78, 5) is 27.0. The van der Waals surface area contributed by atoms with Gasteiger partial charge in [0.1, 0.15) is 0 Å². The molecule has 1 saturated heterocycles. The highest BCUT2D eigenvalue weighted by atomic mass is 16.2. The van der Waals surface area contributed by atoms with E-state index in [1.807, 2.05) is 4.90 Å². The van der Waals surface area contributed by atoms with Crippen molar-refractivity contribution in [1.29, 1.82) is 0 Å². The molecule has 3 aliphatic rings. The first-order valence-corrected chi connectivity index (χ1v) is 11.0. The average Bonchev–Trinajstić information content (AvgIpc) is 3.45. The van der Waals surface area contributed by atoms with E-state index < -0.39 is 0 Å². The summed E-state index contributed by atoms with van der Waals surface area (Å²) in [6.45, 7) is 1.37. The van der Waals surface area contributed by atoms with Crippen molar-refractivity contribution >= 4 is 11.9 Å². The molecule has 154 valence electrons. The SMILES string of the molecule is O=C(NC1CCCC1)c1cn(C[C@@H]2CCCN2C(=O)NC2CCCCC2)nn1. The van der Waals surface area contributed by atoms with Gasteiger partial charge in [-0.2, -0.15) is 0 Å². The molecule has 2 aliphatic carbocycles. The van der Waals surface area contributed by atoms with Crippen LogP contribution in [0, 0.1) is 0 Å². The summed E-state index contributed by atoms with van der Waals surface area (Å²) in [6.07, 6.45) is 14.0. The third-order valence-corrected chi connectivity index (χ3v) is 6.43. The van der Waals surface area contributed by atoms with Crippen LogP contribution in [0.4, 0.5) is 4.79 Å². The molecule has 2 heterocycles. The Morgan fingerprint density at radius 3 is 2.36 bits per heavy atom. The van der Waals surface area contributed by atoms with Gasteiger partial charge in [0.15, 0.2) is 5.69 Å². The highest BCUT2D eigenvalue weighted by molar-refractivity contribution is 5.92. The van der Waals surface area contributed by atoms with Crippen molar-refractivity contribution in [2.24, 2.45) is 0 Å². The minimum Gasteiger partial charge on any atom is -0.348 e. The Morgan fingerprint density at radius 1 is 0.929 bits per heavy atom. The van der Waals surface area contributed by atoms with E-state index in [1.165, 1.54) is 32.1 Å². The molecule has 3 fully saturated rings. The quantitative estimate of drug-likeness (QED) is 0.810. The molecule has 4 rings (SSSR count). The summed E-state index contributed by atoms with van der Waals surface area (Å²) in [6, 6.07) is 0.746. The van der Waals surface area contributed by atoms with E-state index in [9.17, 15) is 9.59 Å². The molecule has 2 N–H and O–H groups in total. The Labute approximate surface area is 166 Å². The minimum atomic E-state index is -0.142. The zero-order valence-corrected chi connectivity index (χ0v) is 16.6. The maximum Gasteiger partial charge on any atom is 0.317 e. The Balaban J connectivity index is 1.30. The maximum absolute atomic E-state index is 12.7. The summed E-state index contributed by atoms with van der Waals surface area (Å²) in [7, 11) is 0. The minimum absolute atomic E-state index is 0.0497. The predicted molar refractivity (Wildman–Crippen MR) is 105 cm³/mol. The van der Waals surface area contributed by atoms with Gasteiger partial charge in [-0.15, -0.1) is 5.10 Å². The Bertz CT molecular complexity index is 678. The van der Waals surface area contributed by atoms with E-state index in [4.69, 9.17) is 0 Å². The second kappa shape index (κ2) is 8.92. The van der Waals surface area contributed by atoms with Crippen LogP contribution in [-0.2, 0) is 6.54 Å². The van der Waals surface area contributed by atoms with Gasteiger partial charge in [-0.05, 0) is 38.5 Å².